The fourth-order valence-electron chi connectivity index (χ4n) is 7.91. The second-order valence-corrected chi connectivity index (χ2v) is 12.1. The Morgan fingerprint density at radius 3 is 1.63 bits per heavy atom. The Balaban J connectivity index is 1.35. The van der Waals surface area contributed by atoms with Crippen molar-refractivity contribution < 1.29 is 0 Å². The first-order valence-electron chi connectivity index (χ1n) is 15.8. The third-order valence-corrected chi connectivity index (χ3v) is 9.76. The maximum absolute atomic E-state index is 7.84. The van der Waals surface area contributed by atoms with Crippen LogP contribution in [0, 0.1) is 5.41 Å². The Bertz CT molecular complexity index is 2250. The molecular formula is C44H30N2. The lowest BCUT2D eigenvalue weighted by Gasteiger charge is -2.45. The van der Waals surface area contributed by atoms with Gasteiger partial charge in [-0.1, -0.05) is 133 Å². The topological polar surface area (TPSA) is 27.1 Å². The van der Waals surface area contributed by atoms with E-state index in [1.165, 1.54) is 62.1 Å². The smallest absolute Gasteiger partial charge is 0.0754 e. The van der Waals surface area contributed by atoms with Crippen LogP contribution in [0.5, 0.6) is 0 Å². The summed E-state index contributed by atoms with van der Waals surface area (Å²) in [6.07, 6.45) is 1.42. The molecule has 2 aliphatic rings. The highest BCUT2D eigenvalue weighted by atomic mass is 15.2. The summed E-state index contributed by atoms with van der Waals surface area (Å²) in [4.78, 5) is 2.42. The third kappa shape index (κ3) is 3.68. The van der Waals surface area contributed by atoms with E-state index in [0.717, 1.165) is 22.4 Å². The van der Waals surface area contributed by atoms with Crippen molar-refractivity contribution in [2.24, 2.45) is 0 Å². The van der Waals surface area contributed by atoms with Gasteiger partial charge in [-0.15, -0.1) is 0 Å². The zero-order valence-corrected chi connectivity index (χ0v) is 25.2. The molecule has 0 saturated heterocycles. The number of benzene rings is 7. The van der Waals surface area contributed by atoms with Crippen molar-refractivity contribution in [3.63, 3.8) is 0 Å². The van der Waals surface area contributed by atoms with Crippen LogP contribution in [-0.2, 0) is 5.41 Å². The SMILES string of the molecule is N=Cc1cccc(-c2ccccc2-c2ccc3c(c2)C2(c4ccccc4-3)c3ccccc3N(c3ccccc3)c3ccccc32)c1. The molecule has 2 nitrogen and oxygen atoms in total. The van der Waals surface area contributed by atoms with E-state index in [2.05, 4.69) is 163 Å². The van der Waals surface area contributed by atoms with Crippen molar-refractivity contribution >= 4 is 23.3 Å². The maximum atomic E-state index is 7.84. The summed E-state index contributed by atoms with van der Waals surface area (Å²) in [7, 11) is 0. The first-order valence-corrected chi connectivity index (χ1v) is 15.8. The zero-order chi connectivity index (χ0) is 30.7. The minimum Gasteiger partial charge on any atom is -0.310 e. The van der Waals surface area contributed by atoms with Gasteiger partial charge in [0.05, 0.1) is 16.8 Å². The van der Waals surface area contributed by atoms with E-state index >= 15 is 0 Å². The monoisotopic (exact) mass is 586 g/mol. The average molecular weight is 587 g/mol. The van der Waals surface area contributed by atoms with Gasteiger partial charge in [-0.05, 0) is 97.6 Å². The Kier molecular flexibility index (Phi) is 5.91. The Morgan fingerprint density at radius 1 is 0.413 bits per heavy atom. The number of rotatable bonds is 4. The molecule has 0 unspecified atom stereocenters. The molecule has 1 heterocycles. The molecule has 7 aromatic carbocycles. The van der Waals surface area contributed by atoms with E-state index in [1.807, 2.05) is 12.1 Å². The van der Waals surface area contributed by atoms with Gasteiger partial charge in [-0.3, -0.25) is 0 Å². The van der Waals surface area contributed by atoms with Crippen molar-refractivity contribution in [2.75, 3.05) is 4.90 Å². The fraction of sp³-hybridized carbons (Fsp3) is 0.0227. The fourth-order valence-corrected chi connectivity index (χ4v) is 7.91. The van der Waals surface area contributed by atoms with Crippen LogP contribution in [0.25, 0.3) is 33.4 Å². The van der Waals surface area contributed by atoms with Crippen LogP contribution < -0.4 is 4.90 Å². The van der Waals surface area contributed by atoms with Gasteiger partial charge in [0, 0.05) is 11.9 Å². The van der Waals surface area contributed by atoms with Crippen LogP contribution in [0.3, 0.4) is 0 Å². The maximum Gasteiger partial charge on any atom is 0.0754 e. The summed E-state index contributed by atoms with van der Waals surface area (Å²) < 4.78 is 0. The quantitative estimate of drug-likeness (QED) is 0.204. The number of fused-ring (bicyclic) bond motifs is 9. The zero-order valence-electron chi connectivity index (χ0n) is 25.2. The van der Waals surface area contributed by atoms with Gasteiger partial charge in [-0.25, -0.2) is 0 Å². The van der Waals surface area contributed by atoms with Gasteiger partial charge in [0.25, 0.3) is 0 Å². The lowest BCUT2D eigenvalue weighted by atomic mass is 9.64. The summed E-state index contributed by atoms with van der Waals surface area (Å²) in [5.41, 5.74) is 16.4. The molecular weight excluding hydrogens is 556 g/mol. The molecule has 9 rings (SSSR count). The van der Waals surface area contributed by atoms with Crippen LogP contribution >= 0.6 is 0 Å². The van der Waals surface area contributed by atoms with E-state index in [4.69, 9.17) is 5.41 Å². The second kappa shape index (κ2) is 10.3. The predicted molar refractivity (Wildman–Crippen MR) is 191 cm³/mol. The van der Waals surface area contributed by atoms with Crippen LogP contribution in [0.1, 0.15) is 27.8 Å². The summed E-state index contributed by atoms with van der Waals surface area (Å²) in [5, 5.41) is 7.84. The standard InChI is InChI=1S/C44H30N2/c45-29-30-13-12-14-31(27-30)34-17-4-5-18-35(34)32-25-26-37-36-19-6-7-20-38(36)44(41(37)28-32)39-21-8-10-23-42(39)46(33-15-2-1-3-16-33)43-24-11-9-22-40(43)44/h1-29,45H. The van der Waals surface area contributed by atoms with Gasteiger partial charge in [0.2, 0.25) is 0 Å². The number of nitrogens with zero attached hydrogens (tertiary/aromatic N) is 1. The van der Waals surface area contributed by atoms with Gasteiger partial charge in [0.15, 0.2) is 0 Å². The van der Waals surface area contributed by atoms with Crippen LogP contribution in [-0.4, -0.2) is 6.21 Å². The molecule has 0 saturated carbocycles. The molecule has 0 bridgehead atoms. The third-order valence-electron chi connectivity index (χ3n) is 9.76. The molecule has 0 atom stereocenters. The van der Waals surface area contributed by atoms with Crippen LogP contribution in [0.4, 0.5) is 17.1 Å². The second-order valence-electron chi connectivity index (χ2n) is 12.1. The number of para-hydroxylation sites is 3. The summed E-state index contributed by atoms with van der Waals surface area (Å²) in [6, 6.07) is 61.5. The molecule has 216 valence electrons. The number of nitrogens with one attached hydrogen (secondary N) is 1. The van der Waals surface area contributed by atoms with Crippen molar-refractivity contribution in [3.8, 4) is 33.4 Å². The lowest BCUT2D eigenvalue weighted by molar-refractivity contribution is 0.753. The molecule has 46 heavy (non-hydrogen) atoms. The minimum atomic E-state index is -0.491. The molecule has 0 fully saturated rings. The molecule has 0 aromatic heterocycles. The van der Waals surface area contributed by atoms with Crippen molar-refractivity contribution in [1.82, 2.24) is 0 Å². The molecule has 1 N–H and O–H groups in total. The first kappa shape index (κ1) is 26.4. The largest absolute Gasteiger partial charge is 0.310 e. The van der Waals surface area contributed by atoms with Crippen LogP contribution in [0.2, 0.25) is 0 Å². The Labute approximate surface area is 269 Å². The van der Waals surface area contributed by atoms with E-state index in [9.17, 15) is 0 Å². The van der Waals surface area contributed by atoms with E-state index in [1.54, 1.807) is 0 Å². The van der Waals surface area contributed by atoms with Gasteiger partial charge < -0.3 is 10.3 Å². The van der Waals surface area contributed by atoms with Crippen LogP contribution in [0.15, 0.2) is 170 Å². The van der Waals surface area contributed by atoms with Crippen molar-refractivity contribution in [3.05, 3.63) is 198 Å². The number of hydrogen-bond acceptors (Lipinski definition) is 2. The average Bonchev–Trinajstić information content (AvgIpc) is 3.42. The first-order chi connectivity index (χ1) is 22.8. The van der Waals surface area contributed by atoms with Crippen molar-refractivity contribution in [2.45, 2.75) is 5.41 Å². The van der Waals surface area contributed by atoms with Crippen molar-refractivity contribution in [1.29, 1.82) is 5.41 Å². The molecule has 0 radical (unpaired) electrons. The molecule has 2 heteroatoms. The molecule has 1 aliphatic carbocycles. The summed E-state index contributed by atoms with van der Waals surface area (Å²) >= 11 is 0. The highest BCUT2D eigenvalue weighted by Crippen LogP contribution is 2.63. The number of anilines is 3. The highest BCUT2D eigenvalue weighted by molar-refractivity contribution is 5.97. The molecule has 1 aliphatic heterocycles. The number of hydrogen-bond donors (Lipinski definition) is 1. The minimum absolute atomic E-state index is 0.491. The highest BCUT2D eigenvalue weighted by Gasteiger charge is 2.51. The predicted octanol–water partition coefficient (Wildman–Crippen LogP) is 11.2. The van der Waals surface area contributed by atoms with E-state index < -0.39 is 5.41 Å². The lowest BCUT2D eigenvalue weighted by Crippen LogP contribution is -2.36. The van der Waals surface area contributed by atoms with E-state index in [0.29, 0.717) is 0 Å². The normalized spacial score (nSPS) is 13.4. The Morgan fingerprint density at radius 2 is 0.957 bits per heavy atom. The summed E-state index contributed by atoms with van der Waals surface area (Å²) in [6.45, 7) is 0. The van der Waals surface area contributed by atoms with E-state index in [-0.39, 0.29) is 0 Å². The summed E-state index contributed by atoms with van der Waals surface area (Å²) in [5.74, 6) is 0. The Hall–Kier alpha value is -5.99. The van der Waals surface area contributed by atoms with Gasteiger partial charge in [0.1, 0.15) is 0 Å². The van der Waals surface area contributed by atoms with Gasteiger partial charge in [-0.2, -0.15) is 0 Å². The van der Waals surface area contributed by atoms with Gasteiger partial charge >= 0.3 is 0 Å². The molecule has 1 spiro atoms. The molecule has 0 amide bonds. The molecule has 7 aromatic rings.